The molecule has 10 rings (SSSR count). The van der Waals surface area contributed by atoms with Crippen LogP contribution in [0.25, 0.3) is 0 Å². The Balaban J connectivity index is 1.77. The molecule has 0 amide bonds. The summed E-state index contributed by atoms with van der Waals surface area (Å²) in [5.41, 5.74) is 0. The van der Waals surface area contributed by atoms with Crippen molar-refractivity contribution in [2.75, 3.05) is 0 Å². The third-order valence-electron chi connectivity index (χ3n) is 16.7. The molecule has 10 fully saturated rings. The van der Waals surface area contributed by atoms with Gasteiger partial charge in [0.05, 0.1) is 0 Å². The van der Waals surface area contributed by atoms with E-state index in [1.807, 2.05) is 13.8 Å². The van der Waals surface area contributed by atoms with Crippen LogP contribution in [0.3, 0.4) is 0 Å². The monoisotopic (exact) mass is 284 g/mol. The second-order valence-electron chi connectivity index (χ2n) is 11.4. The van der Waals surface area contributed by atoms with E-state index in [4.69, 9.17) is 0 Å². The molecule has 10 aliphatic heterocycles. The van der Waals surface area contributed by atoms with Crippen molar-refractivity contribution in [3.8, 4) is 0 Å². The Morgan fingerprint density at radius 1 is 0.889 bits per heavy atom. The average Bonchev–Trinajstić information content (AvgIpc) is 3.21. The fourth-order valence-electron chi connectivity index (χ4n) is 20.0. The van der Waals surface area contributed by atoms with Crippen LogP contribution in [0.5, 0.6) is 0 Å². The normalized spacial score (nSPS) is 121. The van der Waals surface area contributed by atoms with Gasteiger partial charge in [-0.2, -0.15) is 0 Å². The summed E-state index contributed by atoms with van der Waals surface area (Å²) in [7, 11) is 0. The molecule has 10 aliphatic rings. The predicted molar refractivity (Wildman–Crippen MR) is 61.4 cm³/mol. The first kappa shape index (κ1) is 7.04. The summed E-state index contributed by atoms with van der Waals surface area (Å²) in [5, 5.41) is 0. The number of hydrogen-bond acceptors (Lipinski definition) is 2. The van der Waals surface area contributed by atoms with Gasteiger partial charge in [0.25, 0.3) is 0 Å². The first-order chi connectivity index (χ1) is 8.20. The van der Waals surface area contributed by atoms with Gasteiger partial charge in [-0.1, -0.05) is 0 Å². The van der Waals surface area contributed by atoms with Gasteiger partial charge in [0.2, 0.25) is 0 Å². The number of fused-ring (bicyclic) bond motifs is 10. The minimum absolute atomic E-state index is 0.240. The summed E-state index contributed by atoms with van der Waals surface area (Å²) in [6.07, 6.45) is 0. The quantitative estimate of drug-likeness (QED) is 0.725. The molecule has 9 unspecified atom stereocenters. The van der Waals surface area contributed by atoms with Gasteiger partial charge in [0.1, 0.15) is 0 Å². The molecule has 1 spiro atoms. The molecule has 96 valence electrons. The maximum atomic E-state index is 12.6. The van der Waals surface area contributed by atoms with Crippen LogP contribution >= 0.6 is 0 Å². The zero-order chi connectivity index (χ0) is 12.0. The Labute approximate surface area is 95.2 Å². The second-order valence-corrected chi connectivity index (χ2v) is 34.5. The molecule has 0 aliphatic carbocycles. The Bertz CT molecular complexity index is 1160. The Kier molecular flexibility index (Phi) is 0.205. The molecule has 10 saturated heterocycles. The molecule has 0 aromatic rings. The molecule has 2 nitrogen and oxygen atoms in total. The van der Waals surface area contributed by atoms with Crippen LogP contribution in [-0.4, -0.2) is 11.6 Å². The molecule has 18 heavy (non-hydrogen) atoms. The van der Waals surface area contributed by atoms with E-state index in [-0.39, 0.29) is 8.63 Å². The van der Waals surface area contributed by atoms with E-state index in [2.05, 4.69) is 6.92 Å². The molecular formula is C15H16FeO2. The van der Waals surface area contributed by atoms with Crippen LogP contribution in [0.2, 0.25) is 46.7 Å². The standard InChI is InChI=1S/C8H9O.C7H7O.Fe/c1-6-3-4-8(5-6)7(2)9;1-6(8)7-4-2-3-5-7;/h3-5H,1-2H3;2-5H,1H3;. The molecule has 0 N–H and O–H groups in total. The molecule has 0 aromatic heterocycles. The summed E-state index contributed by atoms with van der Waals surface area (Å²) in [6, 6.07) is 0. The molecule has 0 bridgehead atoms. The van der Waals surface area contributed by atoms with Crippen molar-refractivity contribution in [1.29, 1.82) is 0 Å². The third-order valence-corrected chi connectivity index (χ3v) is 61.5. The minimum atomic E-state index is -3.76. The van der Waals surface area contributed by atoms with Crippen LogP contribution < -0.4 is 0 Å². The molecule has 0 aromatic carbocycles. The van der Waals surface area contributed by atoms with Gasteiger partial charge in [-0.15, -0.1) is 0 Å². The average molecular weight is 284 g/mol. The summed E-state index contributed by atoms with van der Waals surface area (Å²) < 4.78 is 1.12. The van der Waals surface area contributed by atoms with Crippen molar-refractivity contribution in [3.63, 3.8) is 0 Å². The SMILES string of the molecule is CC(=O)[C]12[CH]3[CH]4[CH]5[CH]1[Fe]45321678[CH]2[CH]1[C]6(C(C)=O)[CH]7[C]28C. The topological polar surface area (TPSA) is 34.1 Å². The van der Waals surface area contributed by atoms with Crippen LogP contribution in [0.4, 0.5) is 0 Å². The van der Waals surface area contributed by atoms with Crippen LogP contribution in [0, 0.1) is 0 Å². The van der Waals surface area contributed by atoms with E-state index in [1.54, 1.807) is 0 Å². The number of rotatable bonds is 2. The van der Waals surface area contributed by atoms with Gasteiger partial charge in [-0.05, 0) is 0 Å². The van der Waals surface area contributed by atoms with Crippen LogP contribution in [0.1, 0.15) is 20.8 Å². The van der Waals surface area contributed by atoms with E-state index < -0.39 is 6.51 Å². The van der Waals surface area contributed by atoms with Gasteiger partial charge in [-0.25, -0.2) is 0 Å². The number of Topliss-reactive ketones (excluding diaryl/α,β-unsaturated/α-hetero) is 2. The van der Waals surface area contributed by atoms with E-state index in [1.165, 1.54) is 0 Å². The van der Waals surface area contributed by atoms with Crippen molar-refractivity contribution in [2.45, 2.75) is 67.4 Å². The molecule has 0 radical (unpaired) electrons. The predicted octanol–water partition coefficient (Wildman–Crippen LogP) is 3.68. The third kappa shape index (κ3) is 0.0556. The Morgan fingerprint density at radius 2 is 1.44 bits per heavy atom. The van der Waals surface area contributed by atoms with Gasteiger partial charge in [-0.3, -0.25) is 0 Å². The summed E-state index contributed by atoms with van der Waals surface area (Å²) in [5.74, 6) is 1.13. The summed E-state index contributed by atoms with van der Waals surface area (Å²) >= 11 is 0. The molecule has 9 atom stereocenters. The van der Waals surface area contributed by atoms with Crippen molar-refractivity contribution < 1.29 is 16.1 Å². The number of ketones is 2. The fraction of sp³-hybridized carbons (Fsp3) is 0.867. The summed E-state index contributed by atoms with van der Waals surface area (Å²) in [6.45, 7) is 2.61. The maximum absolute atomic E-state index is 12.6. The van der Waals surface area contributed by atoms with E-state index >= 15 is 0 Å². The van der Waals surface area contributed by atoms with Gasteiger partial charge >= 0.3 is 95.1 Å². The second kappa shape index (κ2) is 0.525. The zero-order valence-electron chi connectivity index (χ0n) is 10.7. The molecule has 3 heteroatoms. The Morgan fingerprint density at radius 3 is 1.61 bits per heavy atom. The molecular weight excluding hydrogens is 268 g/mol. The van der Waals surface area contributed by atoms with E-state index in [9.17, 15) is 9.59 Å². The van der Waals surface area contributed by atoms with Crippen molar-refractivity contribution >= 4 is 11.6 Å². The van der Waals surface area contributed by atoms with Gasteiger partial charge < -0.3 is 0 Å². The van der Waals surface area contributed by atoms with Crippen LogP contribution in [-0.2, 0) is 16.1 Å². The molecule has 0 saturated carbocycles. The van der Waals surface area contributed by atoms with E-state index in [0.29, 0.717) is 15.9 Å². The number of carbonyl (C=O) groups is 2. The van der Waals surface area contributed by atoms with Gasteiger partial charge in [0.15, 0.2) is 0 Å². The van der Waals surface area contributed by atoms with Crippen molar-refractivity contribution in [3.05, 3.63) is 0 Å². The van der Waals surface area contributed by atoms with Crippen LogP contribution in [0.15, 0.2) is 0 Å². The number of hydrogen-bond donors (Lipinski definition) is 0. The first-order valence-electron chi connectivity index (χ1n) is 7.43. The fourth-order valence-corrected chi connectivity index (χ4v) is 99.9. The Hall–Kier alpha value is -0.141. The van der Waals surface area contributed by atoms with Crippen molar-refractivity contribution in [1.82, 2.24) is 0 Å². The molecule has 10 heterocycles. The zero-order valence-corrected chi connectivity index (χ0v) is 11.8. The first-order valence-corrected chi connectivity index (χ1v) is 13.6. The summed E-state index contributed by atoms with van der Waals surface area (Å²) in [4.78, 5) is 31.9. The van der Waals surface area contributed by atoms with Gasteiger partial charge in [0, 0.05) is 0 Å². The van der Waals surface area contributed by atoms with Crippen molar-refractivity contribution in [2.24, 2.45) is 0 Å². The number of carbonyl (C=O) groups excluding carboxylic acids is 2. The van der Waals surface area contributed by atoms with E-state index in [0.717, 1.165) is 33.7 Å².